The van der Waals surface area contributed by atoms with Crippen LogP contribution in [0.2, 0.25) is 0 Å². The molecule has 0 bridgehead atoms. The zero-order valence-electron chi connectivity index (χ0n) is 12.0. The molecule has 2 fully saturated rings. The maximum absolute atomic E-state index is 12.2. The molecule has 0 aromatic heterocycles. The molecule has 0 aromatic carbocycles. The van der Waals surface area contributed by atoms with Gasteiger partial charge in [-0.3, -0.25) is 4.79 Å². The maximum Gasteiger partial charge on any atom is 0.317 e. The summed E-state index contributed by atoms with van der Waals surface area (Å²) in [5, 5.41) is 11.6. The topological polar surface area (TPSA) is 78.9 Å². The van der Waals surface area contributed by atoms with Gasteiger partial charge in [-0.1, -0.05) is 19.8 Å². The summed E-state index contributed by atoms with van der Waals surface area (Å²) in [5.74, 6) is -1.25. The minimum Gasteiger partial charge on any atom is -0.481 e. The van der Waals surface area contributed by atoms with Gasteiger partial charge in [-0.25, -0.2) is 4.79 Å². The highest BCUT2D eigenvalue weighted by atomic mass is 16.5. The summed E-state index contributed by atoms with van der Waals surface area (Å²) in [6.45, 7) is 3.28. The summed E-state index contributed by atoms with van der Waals surface area (Å²) in [6.07, 6.45) is 4.99. The molecule has 0 aromatic rings. The number of fused-ring (bicyclic) bond motifs is 1. The van der Waals surface area contributed by atoms with Crippen molar-refractivity contribution in [3.05, 3.63) is 0 Å². The lowest BCUT2D eigenvalue weighted by Crippen LogP contribution is -2.57. The number of nitrogens with zero attached hydrogens (tertiary/aromatic N) is 1. The predicted octanol–water partition coefficient (Wildman–Crippen LogP) is 1.45. The first-order valence-corrected chi connectivity index (χ1v) is 7.48. The second kappa shape index (κ2) is 6.92. The van der Waals surface area contributed by atoms with E-state index in [2.05, 4.69) is 5.32 Å². The highest BCUT2D eigenvalue weighted by Crippen LogP contribution is 2.28. The van der Waals surface area contributed by atoms with Crippen molar-refractivity contribution in [3.63, 3.8) is 0 Å². The third-order valence-electron chi connectivity index (χ3n) is 4.27. The average Bonchev–Trinajstić information content (AvgIpc) is 2.46. The SMILES string of the molecule is CC(CCNC(=O)N1CCOC2CCCCC21)C(=O)O. The van der Waals surface area contributed by atoms with Crippen molar-refractivity contribution in [2.24, 2.45) is 5.92 Å². The quantitative estimate of drug-likeness (QED) is 0.819. The van der Waals surface area contributed by atoms with Crippen LogP contribution in [0.15, 0.2) is 0 Å². The molecule has 2 rings (SSSR count). The normalized spacial score (nSPS) is 27.6. The van der Waals surface area contributed by atoms with Gasteiger partial charge in [0.05, 0.1) is 24.7 Å². The molecule has 114 valence electrons. The van der Waals surface area contributed by atoms with Gasteiger partial charge in [0.15, 0.2) is 0 Å². The minimum atomic E-state index is -0.821. The second-order valence-corrected chi connectivity index (χ2v) is 5.71. The first-order valence-electron chi connectivity index (χ1n) is 7.48. The van der Waals surface area contributed by atoms with Crippen LogP contribution in [0.1, 0.15) is 39.0 Å². The van der Waals surface area contributed by atoms with Gasteiger partial charge in [0.25, 0.3) is 0 Å². The molecule has 1 saturated carbocycles. The van der Waals surface area contributed by atoms with E-state index >= 15 is 0 Å². The Morgan fingerprint density at radius 3 is 2.90 bits per heavy atom. The maximum atomic E-state index is 12.2. The van der Waals surface area contributed by atoms with E-state index < -0.39 is 11.9 Å². The van der Waals surface area contributed by atoms with Crippen LogP contribution >= 0.6 is 0 Å². The molecule has 2 aliphatic rings. The average molecular weight is 284 g/mol. The first-order chi connectivity index (χ1) is 9.59. The van der Waals surface area contributed by atoms with Crippen LogP contribution in [0.4, 0.5) is 4.79 Å². The van der Waals surface area contributed by atoms with Crippen molar-refractivity contribution in [1.29, 1.82) is 0 Å². The number of nitrogens with one attached hydrogen (secondary N) is 1. The van der Waals surface area contributed by atoms with Gasteiger partial charge in [-0.2, -0.15) is 0 Å². The van der Waals surface area contributed by atoms with E-state index in [0.717, 1.165) is 19.3 Å². The number of aliphatic carboxylic acids is 1. The molecule has 1 heterocycles. The van der Waals surface area contributed by atoms with Crippen LogP contribution in [0.25, 0.3) is 0 Å². The number of morpholine rings is 1. The molecule has 20 heavy (non-hydrogen) atoms. The molecule has 2 amide bonds. The minimum absolute atomic E-state index is 0.0808. The zero-order valence-corrected chi connectivity index (χ0v) is 12.0. The lowest BCUT2D eigenvalue weighted by Gasteiger charge is -2.43. The van der Waals surface area contributed by atoms with E-state index in [1.165, 1.54) is 6.42 Å². The van der Waals surface area contributed by atoms with Crippen LogP contribution in [0.5, 0.6) is 0 Å². The summed E-state index contributed by atoms with van der Waals surface area (Å²) in [5.41, 5.74) is 0. The number of amides is 2. The number of urea groups is 1. The Hall–Kier alpha value is -1.30. The number of ether oxygens (including phenoxy) is 1. The molecule has 1 aliphatic heterocycles. The molecule has 3 unspecified atom stereocenters. The monoisotopic (exact) mass is 284 g/mol. The van der Waals surface area contributed by atoms with Crippen LogP contribution in [-0.2, 0) is 9.53 Å². The number of rotatable bonds is 4. The lowest BCUT2D eigenvalue weighted by atomic mass is 9.90. The lowest BCUT2D eigenvalue weighted by molar-refractivity contribution is -0.141. The van der Waals surface area contributed by atoms with Gasteiger partial charge in [-0.05, 0) is 19.3 Å². The van der Waals surface area contributed by atoms with Gasteiger partial charge in [0.1, 0.15) is 0 Å². The van der Waals surface area contributed by atoms with Gasteiger partial charge in [-0.15, -0.1) is 0 Å². The van der Waals surface area contributed by atoms with Crippen molar-refractivity contribution < 1.29 is 19.4 Å². The molecule has 0 radical (unpaired) electrons. The molecular weight excluding hydrogens is 260 g/mol. The van der Waals surface area contributed by atoms with Crippen molar-refractivity contribution in [1.82, 2.24) is 10.2 Å². The number of carboxylic acid groups (broad SMARTS) is 1. The fourth-order valence-corrected chi connectivity index (χ4v) is 2.97. The Morgan fingerprint density at radius 2 is 2.15 bits per heavy atom. The third kappa shape index (κ3) is 3.62. The Morgan fingerprint density at radius 1 is 1.40 bits per heavy atom. The highest BCUT2D eigenvalue weighted by Gasteiger charge is 2.36. The molecule has 6 nitrogen and oxygen atoms in total. The summed E-state index contributed by atoms with van der Waals surface area (Å²) in [6, 6.07) is 0.109. The Balaban J connectivity index is 1.80. The van der Waals surface area contributed by atoms with E-state index in [-0.39, 0.29) is 18.2 Å². The number of hydrogen-bond acceptors (Lipinski definition) is 3. The number of carboxylic acids is 1. The number of carbonyl (C=O) groups is 2. The standard InChI is InChI=1S/C14H24N2O4/c1-10(13(17)18)6-7-15-14(19)16-8-9-20-12-5-3-2-4-11(12)16/h10-12H,2-9H2,1H3,(H,15,19)(H,17,18). The molecular formula is C14H24N2O4. The molecule has 6 heteroatoms. The van der Waals surface area contributed by atoms with Crippen LogP contribution < -0.4 is 5.32 Å². The second-order valence-electron chi connectivity index (χ2n) is 5.71. The van der Waals surface area contributed by atoms with Crippen molar-refractivity contribution in [2.75, 3.05) is 19.7 Å². The molecule has 0 spiro atoms. The number of carbonyl (C=O) groups excluding carboxylic acids is 1. The van der Waals surface area contributed by atoms with Crippen molar-refractivity contribution in [2.45, 2.75) is 51.2 Å². The molecule has 3 atom stereocenters. The summed E-state index contributed by atoms with van der Waals surface area (Å²) in [4.78, 5) is 24.8. The van der Waals surface area contributed by atoms with Crippen LogP contribution in [-0.4, -0.2) is 53.8 Å². The van der Waals surface area contributed by atoms with Gasteiger partial charge in [0, 0.05) is 13.1 Å². The molecule has 1 saturated heterocycles. The van der Waals surface area contributed by atoms with E-state index in [9.17, 15) is 9.59 Å². The fourth-order valence-electron chi connectivity index (χ4n) is 2.97. The smallest absolute Gasteiger partial charge is 0.317 e. The molecule has 1 aliphatic carbocycles. The Kier molecular flexibility index (Phi) is 5.23. The van der Waals surface area contributed by atoms with Crippen molar-refractivity contribution in [3.8, 4) is 0 Å². The van der Waals surface area contributed by atoms with Gasteiger partial charge in [0.2, 0.25) is 0 Å². The fraction of sp³-hybridized carbons (Fsp3) is 0.857. The highest BCUT2D eigenvalue weighted by molar-refractivity contribution is 5.75. The number of hydrogen-bond donors (Lipinski definition) is 2. The van der Waals surface area contributed by atoms with E-state index in [1.807, 2.05) is 4.90 Å². The van der Waals surface area contributed by atoms with Crippen LogP contribution in [0, 0.1) is 5.92 Å². The van der Waals surface area contributed by atoms with Crippen LogP contribution in [0.3, 0.4) is 0 Å². The summed E-state index contributed by atoms with van der Waals surface area (Å²) in [7, 11) is 0. The Bertz CT molecular complexity index is 359. The predicted molar refractivity (Wildman–Crippen MR) is 73.5 cm³/mol. The van der Waals surface area contributed by atoms with E-state index in [4.69, 9.17) is 9.84 Å². The zero-order chi connectivity index (χ0) is 14.5. The van der Waals surface area contributed by atoms with E-state index in [0.29, 0.717) is 26.1 Å². The van der Waals surface area contributed by atoms with Crippen molar-refractivity contribution >= 4 is 12.0 Å². The summed E-state index contributed by atoms with van der Waals surface area (Å²) >= 11 is 0. The van der Waals surface area contributed by atoms with Gasteiger partial charge >= 0.3 is 12.0 Å². The first kappa shape index (κ1) is 15.1. The molecule has 2 N–H and O–H groups in total. The largest absolute Gasteiger partial charge is 0.481 e. The Labute approximate surface area is 119 Å². The van der Waals surface area contributed by atoms with Gasteiger partial charge < -0.3 is 20.1 Å². The summed E-state index contributed by atoms with van der Waals surface area (Å²) < 4.78 is 5.74. The van der Waals surface area contributed by atoms with E-state index in [1.54, 1.807) is 6.92 Å². The third-order valence-corrected chi connectivity index (χ3v) is 4.27.